The molecule has 1 aromatic carbocycles. The van der Waals surface area contributed by atoms with Crippen LogP contribution in [-0.4, -0.2) is 31.8 Å². The number of hydrogen-bond acceptors (Lipinski definition) is 5. The van der Waals surface area contributed by atoms with Gasteiger partial charge in [0.05, 0.1) is 11.7 Å². The molecule has 0 aliphatic heterocycles. The van der Waals surface area contributed by atoms with Gasteiger partial charge in [0.15, 0.2) is 0 Å². The third-order valence-corrected chi connectivity index (χ3v) is 2.43. The largest absolute Gasteiger partial charge is 0.459 e. The smallest absolute Gasteiger partial charge is 0.338 e. The molecule has 0 aliphatic carbocycles. The molecule has 0 heterocycles. The lowest BCUT2D eigenvalue weighted by Gasteiger charge is -2.18. The first kappa shape index (κ1) is 17.7. The summed E-state index contributed by atoms with van der Waals surface area (Å²) in [5, 5.41) is 6.38. The monoisotopic (exact) mass is 287 g/mol. The van der Waals surface area contributed by atoms with Crippen molar-refractivity contribution < 1.29 is 9.53 Å². The van der Waals surface area contributed by atoms with Gasteiger partial charge in [0.2, 0.25) is 0 Å². The molecule has 0 fully saturated rings. The number of esters is 1. The number of nitrogens with one attached hydrogen (secondary N) is 2. The number of likely N-dealkylation sites (N-methyl/N-ethyl adjacent to an activating group) is 2. The molecule has 0 spiro atoms. The van der Waals surface area contributed by atoms with Gasteiger partial charge in [-0.05, 0) is 37.4 Å². The van der Waals surface area contributed by atoms with Gasteiger partial charge in [-0.1, -0.05) is 13.8 Å². The highest BCUT2D eigenvalue weighted by Crippen LogP contribution is 2.06. The molecule has 0 aromatic heterocycles. The number of ether oxygens (including phenoxy) is 1. The van der Waals surface area contributed by atoms with Gasteiger partial charge in [0.25, 0.3) is 0 Å². The average Bonchev–Trinajstić information content (AvgIpc) is 2.37. The molecule has 0 saturated carbocycles. The minimum Gasteiger partial charge on any atom is -0.459 e. The summed E-state index contributed by atoms with van der Waals surface area (Å²) in [6.07, 6.45) is -0.0160. The zero-order valence-corrected chi connectivity index (χ0v) is 12.1. The molecule has 1 aromatic rings. The maximum Gasteiger partial charge on any atom is 0.338 e. The van der Waals surface area contributed by atoms with E-state index in [-0.39, 0.29) is 24.5 Å². The Balaban J connectivity index is 0.00000324. The second-order valence-electron chi connectivity index (χ2n) is 3.89. The maximum atomic E-state index is 11.8. The number of benzene rings is 1. The van der Waals surface area contributed by atoms with Crippen molar-refractivity contribution in [2.24, 2.45) is 0 Å². The lowest BCUT2D eigenvalue weighted by Crippen LogP contribution is -2.45. The predicted octanol–water partition coefficient (Wildman–Crippen LogP) is 1.39. The molecule has 0 amide bonds. The van der Waals surface area contributed by atoms with Gasteiger partial charge in [0, 0.05) is 5.69 Å². The Labute approximate surface area is 120 Å². The Hall–Kier alpha value is -1.30. The summed E-state index contributed by atoms with van der Waals surface area (Å²) >= 11 is 0. The first-order valence-corrected chi connectivity index (χ1v) is 6.16. The number of nitrogens with two attached hydrogens (primary N) is 1. The molecule has 1 rings (SSSR count). The number of carbonyl (C=O) groups is 1. The zero-order valence-electron chi connectivity index (χ0n) is 11.3. The summed E-state index contributed by atoms with van der Waals surface area (Å²) in [6.45, 7) is 5.94. The van der Waals surface area contributed by atoms with E-state index in [1.165, 1.54) is 0 Å². The highest BCUT2D eigenvalue weighted by atomic mass is 35.5. The van der Waals surface area contributed by atoms with Crippen LogP contribution in [0.5, 0.6) is 0 Å². The lowest BCUT2D eigenvalue weighted by molar-refractivity contribution is 0.0448. The standard InChI is InChI=1S/C13H21N3O2.ClH/c1-3-15-12(16-4-2)9-18-13(17)10-5-7-11(14)8-6-10;/h5-8,12,15-16H,3-4,9,14H2,1-2H3;1H. The molecule has 5 nitrogen and oxygen atoms in total. The molecule has 0 bridgehead atoms. The van der Waals surface area contributed by atoms with Crippen LogP contribution in [0.15, 0.2) is 24.3 Å². The Morgan fingerprint density at radius 1 is 1.21 bits per heavy atom. The molecular weight excluding hydrogens is 266 g/mol. The van der Waals surface area contributed by atoms with Gasteiger partial charge in [-0.15, -0.1) is 12.4 Å². The topological polar surface area (TPSA) is 76.4 Å². The molecule has 4 N–H and O–H groups in total. The fraction of sp³-hybridized carbons (Fsp3) is 0.462. The van der Waals surface area contributed by atoms with Crippen LogP contribution in [0.2, 0.25) is 0 Å². The summed E-state index contributed by atoms with van der Waals surface area (Å²) in [6, 6.07) is 6.69. The van der Waals surface area contributed by atoms with Crippen LogP contribution in [0.3, 0.4) is 0 Å². The minimum atomic E-state index is -0.337. The maximum absolute atomic E-state index is 11.8. The van der Waals surface area contributed by atoms with Crippen LogP contribution in [-0.2, 0) is 4.74 Å². The molecular formula is C13H22ClN3O2. The third-order valence-electron chi connectivity index (χ3n) is 2.43. The van der Waals surface area contributed by atoms with E-state index >= 15 is 0 Å². The van der Waals surface area contributed by atoms with E-state index in [4.69, 9.17) is 10.5 Å². The second kappa shape index (κ2) is 9.61. The van der Waals surface area contributed by atoms with E-state index < -0.39 is 0 Å². The highest BCUT2D eigenvalue weighted by Gasteiger charge is 2.11. The van der Waals surface area contributed by atoms with Crippen molar-refractivity contribution in [3.05, 3.63) is 29.8 Å². The highest BCUT2D eigenvalue weighted by molar-refractivity contribution is 5.89. The minimum absolute atomic E-state index is 0. The molecule has 0 saturated heterocycles. The van der Waals surface area contributed by atoms with Crippen molar-refractivity contribution in [2.45, 2.75) is 20.0 Å². The SMILES string of the molecule is CCNC(COC(=O)c1ccc(N)cc1)NCC.Cl. The molecule has 6 heteroatoms. The third kappa shape index (κ3) is 6.42. The predicted molar refractivity (Wildman–Crippen MR) is 79.5 cm³/mol. The number of anilines is 1. The summed E-state index contributed by atoms with van der Waals surface area (Å²) < 4.78 is 5.23. The van der Waals surface area contributed by atoms with E-state index in [0.717, 1.165) is 13.1 Å². The van der Waals surface area contributed by atoms with Gasteiger partial charge in [0.1, 0.15) is 6.61 Å². The van der Waals surface area contributed by atoms with Crippen LogP contribution < -0.4 is 16.4 Å². The van der Waals surface area contributed by atoms with Crippen LogP contribution in [0.4, 0.5) is 5.69 Å². The van der Waals surface area contributed by atoms with Gasteiger partial charge in [-0.3, -0.25) is 10.6 Å². The zero-order chi connectivity index (χ0) is 13.4. The van der Waals surface area contributed by atoms with Crippen molar-refractivity contribution in [1.29, 1.82) is 0 Å². The Bertz CT molecular complexity index is 365. The van der Waals surface area contributed by atoms with Crippen LogP contribution in [0, 0.1) is 0 Å². The molecule has 0 unspecified atom stereocenters. The average molecular weight is 288 g/mol. The fourth-order valence-electron chi connectivity index (χ4n) is 1.54. The summed E-state index contributed by atoms with van der Waals surface area (Å²) in [5.74, 6) is -0.337. The molecule has 19 heavy (non-hydrogen) atoms. The Kier molecular flexibility index (Phi) is 8.95. The lowest BCUT2D eigenvalue weighted by atomic mass is 10.2. The Morgan fingerprint density at radius 3 is 2.21 bits per heavy atom. The van der Waals surface area contributed by atoms with Crippen molar-refractivity contribution in [1.82, 2.24) is 10.6 Å². The first-order chi connectivity index (χ1) is 8.67. The Morgan fingerprint density at radius 2 is 1.74 bits per heavy atom. The molecule has 0 atom stereocenters. The number of carbonyl (C=O) groups excluding carboxylic acids is 1. The second-order valence-corrected chi connectivity index (χ2v) is 3.89. The van der Waals surface area contributed by atoms with Gasteiger partial charge in [-0.25, -0.2) is 4.79 Å². The number of hydrogen-bond donors (Lipinski definition) is 3. The fourth-order valence-corrected chi connectivity index (χ4v) is 1.54. The van der Waals surface area contributed by atoms with Crippen molar-refractivity contribution >= 4 is 24.1 Å². The number of halogens is 1. The summed E-state index contributed by atoms with van der Waals surface area (Å²) in [4.78, 5) is 11.8. The van der Waals surface area contributed by atoms with Crippen LogP contribution in [0.25, 0.3) is 0 Å². The van der Waals surface area contributed by atoms with E-state index in [1.54, 1.807) is 24.3 Å². The van der Waals surface area contributed by atoms with Gasteiger partial charge in [-0.2, -0.15) is 0 Å². The van der Waals surface area contributed by atoms with Gasteiger partial charge < -0.3 is 10.5 Å². The van der Waals surface area contributed by atoms with Crippen molar-refractivity contribution in [3.63, 3.8) is 0 Å². The van der Waals surface area contributed by atoms with Gasteiger partial charge >= 0.3 is 5.97 Å². The molecule has 108 valence electrons. The quantitative estimate of drug-likeness (QED) is 0.401. The van der Waals surface area contributed by atoms with Crippen LogP contribution in [0.1, 0.15) is 24.2 Å². The van der Waals surface area contributed by atoms with E-state index in [1.807, 2.05) is 13.8 Å². The van der Waals surface area contributed by atoms with E-state index in [9.17, 15) is 4.79 Å². The van der Waals surface area contributed by atoms with Crippen molar-refractivity contribution in [2.75, 3.05) is 25.4 Å². The van der Waals surface area contributed by atoms with Crippen molar-refractivity contribution in [3.8, 4) is 0 Å². The summed E-state index contributed by atoms with van der Waals surface area (Å²) in [5.41, 5.74) is 6.70. The molecule has 0 radical (unpaired) electrons. The first-order valence-electron chi connectivity index (χ1n) is 6.16. The number of nitrogen functional groups attached to an aromatic ring is 1. The van der Waals surface area contributed by atoms with Crippen LogP contribution >= 0.6 is 12.4 Å². The summed E-state index contributed by atoms with van der Waals surface area (Å²) in [7, 11) is 0. The van der Waals surface area contributed by atoms with E-state index in [0.29, 0.717) is 17.9 Å². The van der Waals surface area contributed by atoms with E-state index in [2.05, 4.69) is 10.6 Å². The number of rotatable bonds is 7. The normalized spacial score (nSPS) is 10.1. The molecule has 0 aliphatic rings.